The minimum absolute atomic E-state index is 0.406. The van der Waals surface area contributed by atoms with Gasteiger partial charge in [0.25, 0.3) is 0 Å². The molecule has 1 aromatic rings. The molecule has 1 N–H and O–H groups in total. The Morgan fingerprint density at radius 3 is 2.74 bits per heavy atom. The highest BCUT2D eigenvalue weighted by Crippen LogP contribution is 2.26. The number of aliphatic hydroxyl groups is 1. The fourth-order valence-electron chi connectivity index (χ4n) is 2.14. The van der Waals surface area contributed by atoms with Crippen LogP contribution in [-0.4, -0.2) is 12.2 Å². The largest absolute Gasteiger partial charge is 0.497 e. The van der Waals surface area contributed by atoms with E-state index in [4.69, 9.17) is 4.74 Å². The first-order valence-corrected chi connectivity index (χ1v) is 6.98. The van der Waals surface area contributed by atoms with Crippen molar-refractivity contribution in [1.29, 1.82) is 0 Å². The van der Waals surface area contributed by atoms with Gasteiger partial charge in [-0.1, -0.05) is 30.7 Å². The van der Waals surface area contributed by atoms with Crippen LogP contribution < -0.4 is 4.74 Å². The van der Waals surface area contributed by atoms with E-state index in [-0.39, 0.29) is 0 Å². The fourth-order valence-corrected chi connectivity index (χ4v) is 2.14. The maximum absolute atomic E-state index is 10.2. The predicted octanol–water partition coefficient (Wildman–Crippen LogP) is 4.50. The van der Waals surface area contributed by atoms with E-state index >= 15 is 0 Å². The Bertz CT molecular complexity index is 405. The van der Waals surface area contributed by atoms with Crippen LogP contribution in [0.3, 0.4) is 0 Å². The molecule has 0 aliphatic heterocycles. The lowest BCUT2D eigenvalue weighted by molar-refractivity contribution is 0.145. The van der Waals surface area contributed by atoms with E-state index in [2.05, 4.69) is 26.8 Å². The third kappa shape index (κ3) is 5.93. The second-order valence-corrected chi connectivity index (χ2v) is 5.49. The minimum atomic E-state index is -0.406. The van der Waals surface area contributed by atoms with Gasteiger partial charge in [0.15, 0.2) is 0 Å². The van der Waals surface area contributed by atoms with E-state index in [1.807, 2.05) is 24.3 Å². The second kappa shape index (κ2) is 8.00. The number of hydrogen-bond donors (Lipinski definition) is 1. The van der Waals surface area contributed by atoms with Crippen LogP contribution in [0.2, 0.25) is 0 Å². The van der Waals surface area contributed by atoms with Crippen molar-refractivity contribution in [2.24, 2.45) is 5.92 Å². The van der Waals surface area contributed by atoms with Crippen LogP contribution >= 0.6 is 0 Å². The number of aliphatic hydroxyl groups excluding tert-OH is 1. The summed E-state index contributed by atoms with van der Waals surface area (Å²) in [5.74, 6) is 1.31. The molecule has 106 valence electrons. The summed E-state index contributed by atoms with van der Waals surface area (Å²) in [6.07, 6.45) is 4.86. The van der Waals surface area contributed by atoms with Gasteiger partial charge in [-0.2, -0.15) is 0 Å². The maximum atomic E-state index is 10.2. The molecule has 2 nitrogen and oxygen atoms in total. The summed E-state index contributed by atoms with van der Waals surface area (Å²) in [6, 6.07) is 7.68. The monoisotopic (exact) mass is 262 g/mol. The molecule has 0 aliphatic rings. The zero-order chi connectivity index (χ0) is 14.3. The van der Waals surface area contributed by atoms with Gasteiger partial charge in [0.1, 0.15) is 5.75 Å². The molecule has 0 aromatic heterocycles. The molecule has 0 spiro atoms. The Kier molecular flexibility index (Phi) is 6.65. The Morgan fingerprint density at radius 1 is 1.37 bits per heavy atom. The van der Waals surface area contributed by atoms with Gasteiger partial charge in [-0.05, 0) is 56.7 Å². The Morgan fingerprint density at radius 2 is 2.11 bits per heavy atom. The zero-order valence-corrected chi connectivity index (χ0v) is 12.5. The molecule has 0 aliphatic carbocycles. The van der Waals surface area contributed by atoms with Crippen LogP contribution in [0.5, 0.6) is 5.75 Å². The van der Waals surface area contributed by atoms with Crippen LogP contribution in [0, 0.1) is 5.92 Å². The fraction of sp³-hybridized carbons (Fsp3) is 0.529. The summed E-state index contributed by atoms with van der Waals surface area (Å²) in [4.78, 5) is 0. The smallest absolute Gasteiger partial charge is 0.119 e. The zero-order valence-electron chi connectivity index (χ0n) is 12.5. The normalized spacial score (nSPS) is 13.7. The number of allylic oxidation sites excluding steroid dienone is 2. The number of rotatable bonds is 7. The van der Waals surface area contributed by atoms with Crippen molar-refractivity contribution in [2.75, 3.05) is 7.11 Å². The van der Waals surface area contributed by atoms with Gasteiger partial charge in [-0.15, -0.1) is 0 Å². The van der Waals surface area contributed by atoms with Crippen molar-refractivity contribution < 1.29 is 9.84 Å². The number of ether oxygens (including phenoxy) is 1. The first-order valence-electron chi connectivity index (χ1n) is 6.98. The van der Waals surface area contributed by atoms with Crippen LogP contribution in [0.15, 0.2) is 35.9 Å². The highest BCUT2D eigenvalue weighted by Gasteiger charge is 2.12. The lowest BCUT2D eigenvalue weighted by atomic mass is 9.94. The van der Waals surface area contributed by atoms with Crippen LogP contribution in [0.1, 0.15) is 51.7 Å². The summed E-state index contributed by atoms with van der Waals surface area (Å²) >= 11 is 0. The molecule has 2 heteroatoms. The van der Waals surface area contributed by atoms with Crippen LogP contribution in [-0.2, 0) is 0 Å². The molecular weight excluding hydrogens is 236 g/mol. The molecule has 2 unspecified atom stereocenters. The summed E-state index contributed by atoms with van der Waals surface area (Å²) in [6.45, 7) is 6.44. The standard InChI is InChI=1S/C17H26O2/c1-13(2)7-5-8-14(3)11-17(18)15-9-6-10-16(12-15)19-4/h6-7,9-10,12,14,17-18H,5,8,11H2,1-4H3. The van der Waals surface area contributed by atoms with Gasteiger partial charge in [0.05, 0.1) is 13.2 Å². The van der Waals surface area contributed by atoms with E-state index in [1.54, 1.807) is 7.11 Å². The number of hydrogen-bond acceptors (Lipinski definition) is 2. The average Bonchev–Trinajstić information content (AvgIpc) is 2.38. The minimum Gasteiger partial charge on any atom is -0.497 e. The first kappa shape index (κ1) is 15.8. The average molecular weight is 262 g/mol. The van der Waals surface area contributed by atoms with E-state index in [0.29, 0.717) is 5.92 Å². The molecule has 2 atom stereocenters. The number of methoxy groups -OCH3 is 1. The van der Waals surface area contributed by atoms with E-state index in [9.17, 15) is 5.11 Å². The highest BCUT2D eigenvalue weighted by molar-refractivity contribution is 5.29. The van der Waals surface area contributed by atoms with Crippen molar-refractivity contribution >= 4 is 0 Å². The third-order valence-corrected chi connectivity index (χ3v) is 3.32. The Balaban J connectivity index is 2.49. The molecule has 0 bridgehead atoms. The molecule has 1 rings (SSSR count). The SMILES string of the molecule is COc1cccc(C(O)CC(C)CCC=C(C)C)c1. The molecule has 0 saturated heterocycles. The van der Waals surface area contributed by atoms with Gasteiger partial charge in [0, 0.05) is 0 Å². The lowest BCUT2D eigenvalue weighted by Crippen LogP contribution is -2.04. The van der Waals surface area contributed by atoms with Crippen LogP contribution in [0.4, 0.5) is 0 Å². The van der Waals surface area contributed by atoms with Crippen molar-refractivity contribution in [3.05, 3.63) is 41.5 Å². The second-order valence-electron chi connectivity index (χ2n) is 5.49. The van der Waals surface area contributed by atoms with Crippen molar-refractivity contribution in [3.63, 3.8) is 0 Å². The van der Waals surface area contributed by atoms with E-state index in [0.717, 1.165) is 30.6 Å². The molecule has 1 aromatic carbocycles. The number of benzene rings is 1. The Hall–Kier alpha value is -1.28. The third-order valence-electron chi connectivity index (χ3n) is 3.32. The summed E-state index contributed by atoms with van der Waals surface area (Å²) in [5, 5.41) is 10.2. The predicted molar refractivity (Wildman–Crippen MR) is 80.4 cm³/mol. The van der Waals surface area contributed by atoms with Gasteiger partial charge in [0.2, 0.25) is 0 Å². The molecule has 0 saturated carbocycles. The van der Waals surface area contributed by atoms with Gasteiger partial charge >= 0.3 is 0 Å². The summed E-state index contributed by atoms with van der Waals surface area (Å²) in [7, 11) is 1.65. The molecule has 0 radical (unpaired) electrons. The molecular formula is C17H26O2. The van der Waals surface area contributed by atoms with Crippen LogP contribution in [0.25, 0.3) is 0 Å². The molecule has 0 heterocycles. The molecule has 19 heavy (non-hydrogen) atoms. The topological polar surface area (TPSA) is 29.5 Å². The van der Waals surface area contributed by atoms with Crippen molar-refractivity contribution in [1.82, 2.24) is 0 Å². The molecule has 0 amide bonds. The van der Waals surface area contributed by atoms with Gasteiger partial charge in [-0.3, -0.25) is 0 Å². The quantitative estimate of drug-likeness (QED) is 0.733. The summed E-state index contributed by atoms with van der Waals surface area (Å²) in [5.41, 5.74) is 2.30. The Labute approximate surface area is 117 Å². The summed E-state index contributed by atoms with van der Waals surface area (Å²) < 4.78 is 5.18. The van der Waals surface area contributed by atoms with Gasteiger partial charge < -0.3 is 9.84 Å². The van der Waals surface area contributed by atoms with Gasteiger partial charge in [-0.25, -0.2) is 0 Å². The maximum Gasteiger partial charge on any atom is 0.119 e. The first-order chi connectivity index (χ1) is 9.02. The van der Waals surface area contributed by atoms with Crippen molar-refractivity contribution in [3.8, 4) is 5.75 Å². The molecule has 0 fully saturated rings. The highest BCUT2D eigenvalue weighted by atomic mass is 16.5. The van der Waals surface area contributed by atoms with Crippen molar-refractivity contribution in [2.45, 2.75) is 46.1 Å². The van der Waals surface area contributed by atoms with E-state index < -0.39 is 6.10 Å². The van der Waals surface area contributed by atoms with E-state index in [1.165, 1.54) is 5.57 Å². The lowest BCUT2D eigenvalue weighted by Gasteiger charge is -2.17.